The third-order valence-corrected chi connectivity index (χ3v) is 4.15. The van der Waals surface area contributed by atoms with Crippen molar-refractivity contribution in [2.45, 2.75) is 6.10 Å². The SMILES string of the molecule is OC(CNc1cccc(Cl)c1Cl)c1cc(Cl)ccc1Cl. The number of anilines is 1. The first-order valence-corrected chi connectivity index (χ1v) is 7.31. The molecule has 106 valence electrons. The van der Waals surface area contributed by atoms with Crippen molar-refractivity contribution in [3.63, 3.8) is 0 Å². The Labute approximate surface area is 137 Å². The second kappa shape index (κ2) is 6.88. The molecule has 0 amide bonds. The van der Waals surface area contributed by atoms with Crippen molar-refractivity contribution in [1.29, 1.82) is 0 Å². The lowest BCUT2D eigenvalue weighted by Gasteiger charge is -2.16. The van der Waals surface area contributed by atoms with E-state index in [1.807, 2.05) is 0 Å². The maximum atomic E-state index is 10.2. The summed E-state index contributed by atoms with van der Waals surface area (Å²) in [7, 11) is 0. The van der Waals surface area contributed by atoms with E-state index in [1.165, 1.54) is 0 Å². The summed E-state index contributed by atoms with van der Waals surface area (Å²) in [6.07, 6.45) is -0.809. The third kappa shape index (κ3) is 3.72. The Bertz CT molecular complexity index is 618. The van der Waals surface area contributed by atoms with Crippen LogP contribution in [-0.2, 0) is 0 Å². The van der Waals surface area contributed by atoms with Crippen LogP contribution in [0.25, 0.3) is 0 Å². The molecule has 1 unspecified atom stereocenters. The minimum atomic E-state index is -0.809. The molecule has 2 N–H and O–H groups in total. The summed E-state index contributed by atoms with van der Waals surface area (Å²) in [6.45, 7) is 0.236. The maximum absolute atomic E-state index is 10.2. The van der Waals surface area contributed by atoms with E-state index in [-0.39, 0.29) is 6.54 Å². The molecule has 6 heteroatoms. The standard InChI is InChI=1S/C14H11Cl4NO/c15-8-4-5-10(16)9(6-8)13(20)7-19-12-3-1-2-11(17)14(12)18/h1-6,13,19-20H,7H2. The molecule has 0 fully saturated rings. The van der Waals surface area contributed by atoms with Gasteiger partial charge in [-0.2, -0.15) is 0 Å². The van der Waals surface area contributed by atoms with Crippen LogP contribution in [0, 0.1) is 0 Å². The van der Waals surface area contributed by atoms with Crippen LogP contribution in [-0.4, -0.2) is 11.7 Å². The van der Waals surface area contributed by atoms with Crippen LogP contribution in [0.3, 0.4) is 0 Å². The van der Waals surface area contributed by atoms with Crippen LogP contribution in [0.4, 0.5) is 5.69 Å². The molecule has 0 aliphatic heterocycles. The molecule has 1 atom stereocenters. The minimum Gasteiger partial charge on any atom is -0.387 e. The monoisotopic (exact) mass is 349 g/mol. The Kier molecular flexibility index (Phi) is 5.42. The molecule has 20 heavy (non-hydrogen) atoms. The summed E-state index contributed by atoms with van der Waals surface area (Å²) in [5.74, 6) is 0. The number of hydrogen-bond donors (Lipinski definition) is 2. The quantitative estimate of drug-likeness (QED) is 0.768. The molecule has 2 rings (SSSR count). The van der Waals surface area contributed by atoms with Gasteiger partial charge in [-0.25, -0.2) is 0 Å². The first-order valence-electron chi connectivity index (χ1n) is 5.80. The topological polar surface area (TPSA) is 32.3 Å². The van der Waals surface area contributed by atoms with Gasteiger partial charge in [0.15, 0.2) is 0 Å². The van der Waals surface area contributed by atoms with E-state index < -0.39 is 6.10 Å². The fraction of sp³-hybridized carbons (Fsp3) is 0.143. The highest BCUT2D eigenvalue weighted by atomic mass is 35.5. The van der Waals surface area contributed by atoms with E-state index in [4.69, 9.17) is 46.4 Å². The fourth-order valence-corrected chi connectivity index (χ4v) is 2.52. The molecule has 0 aliphatic carbocycles. The lowest BCUT2D eigenvalue weighted by atomic mass is 10.1. The zero-order chi connectivity index (χ0) is 14.7. The van der Waals surface area contributed by atoms with E-state index in [0.717, 1.165) is 0 Å². The van der Waals surface area contributed by atoms with Gasteiger partial charge in [-0.1, -0.05) is 52.5 Å². The van der Waals surface area contributed by atoms with E-state index in [0.29, 0.717) is 31.3 Å². The van der Waals surface area contributed by atoms with Gasteiger partial charge in [0.05, 0.1) is 21.8 Å². The average molecular weight is 351 g/mol. The normalized spacial score (nSPS) is 12.2. The van der Waals surface area contributed by atoms with Crippen molar-refractivity contribution in [3.8, 4) is 0 Å². The van der Waals surface area contributed by atoms with Gasteiger partial charge in [0.2, 0.25) is 0 Å². The Hall–Kier alpha value is -0.640. The molecular formula is C14H11Cl4NO. The number of hydrogen-bond acceptors (Lipinski definition) is 2. The number of nitrogens with one attached hydrogen (secondary N) is 1. The number of aliphatic hydroxyl groups excluding tert-OH is 1. The van der Waals surface area contributed by atoms with Crippen molar-refractivity contribution < 1.29 is 5.11 Å². The van der Waals surface area contributed by atoms with Gasteiger partial charge in [-0.3, -0.25) is 0 Å². The molecule has 2 nitrogen and oxygen atoms in total. The molecule has 0 saturated carbocycles. The number of halogens is 4. The molecule has 2 aromatic rings. The van der Waals surface area contributed by atoms with E-state index in [9.17, 15) is 5.11 Å². The van der Waals surface area contributed by atoms with E-state index in [1.54, 1.807) is 36.4 Å². The van der Waals surface area contributed by atoms with Gasteiger partial charge in [0, 0.05) is 22.2 Å². The van der Waals surface area contributed by atoms with Gasteiger partial charge < -0.3 is 10.4 Å². The lowest BCUT2D eigenvalue weighted by molar-refractivity contribution is 0.192. The predicted molar refractivity (Wildman–Crippen MR) is 86.4 cm³/mol. The highest BCUT2D eigenvalue weighted by Gasteiger charge is 2.13. The Morgan fingerprint density at radius 2 is 1.75 bits per heavy atom. The van der Waals surface area contributed by atoms with E-state index in [2.05, 4.69) is 5.32 Å². The van der Waals surface area contributed by atoms with Crippen LogP contribution in [0.2, 0.25) is 20.1 Å². The smallest absolute Gasteiger partial charge is 0.0977 e. The zero-order valence-electron chi connectivity index (χ0n) is 10.2. The number of aliphatic hydroxyl groups is 1. The van der Waals surface area contributed by atoms with Gasteiger partial charge in [0.1, 0.15) is 0 Å². The number of rotatable bonds is 4. The van der Waals surface area contributed by atoms with Crippen molar-refractivity contribution in [3.05, 3.63) is 62.1 Å². The van der Waals surface area contributed by atoms with Crippen LogP contribution in [0.1, 0.15) is 11.7 Å². The van der Waals surface area contributed by atoms with Gasteiger partial charge in [-0.15, -0.1) is 0 Å². The molecule has 0 radical (unpaired) electrons. The van der Waals surface area contributed by atoms with Gasteiger partial charge in [0.25, 0.3) is 0 Å². The largest absolute Gasteiger partial charge is 0.387 e. The van der Waals surface area contributed by atoms with Gasteiger partial charge >= 0.3 is 0 Å². The second-order valence-corrected chi connectivity index (χ2v) is 5.79. The molecule has 0 bridgehead atoms. The average Bonchev–Trinajstić information content (AvgIpc) is 2.43. The third-order valence-electron chi connectivity index (χ3n) is 2.75. The summed E-state index contributed by atoms with van der Waals surface area (Å²) in [4.78, 5) is 0. The molecule has 0 spiro atoms. The van der Waals surface area contributed by atoms with Crippen molar-refractivity contribution in [1.82, 2.24) is 0 Å². The van der Waals surface area contributed by atoms with Crippen LogP contribution < -0.4 is 5.32 Å². The first kappa shape index (κ1) is 15.7. The molecule has 0 aromatic heterocycles. The highest BCUT2D eigenvalue weighted by Crippen LogP contribution is 2.31. The zero-order valence-corrected chi connectivity index (χ0v) is 13.2. The Morgan fingerprint density at radius 3 is 2.50 bits per heavy atom. The first-order chi connectivity index (χ1) is 9.49. The minimum absolute atomic E-state index is 0.236. The van der Waals surface area contributed by atoms with Crippen LogP contribution >= 0.6 is 46.4 Å². The van der Waals surface area contributed by atoms with Crippen molar-refractivity contribution in [2.75, 3.05) is 11.9 Å². The van der Waals surface area contributed by atoms with Crippen LogP contribution in [0.15, 0.2) is 36.4 Å². The summed E-state index contributed by atoms with van der Waals surface area (Å²) in [6, 6.07) is 10.2. The van der Waals surface area contributed by atoms with Crippen molar-refractivity contribution in [2.24, 2.45) is 0 Å². The van der Waals surface area contributed by atoms with E-state index >= 15 is 0 Å². The lowest BCUT2D eigenvalue weighted by Crippen LogP contribution is -2.12. The highest BCUT2D eigenvalue weighted by molar-refractivity contribution is 6.43. The predicted octanol–water partition coefficient (Wildman–Crippen LogP) is 5.45. The maximum Gasteiger partial charge on any atom is 0.0977 e. The summed E-state index contributed by atoms with van der Waals surface area (Å²) in [5.41, 5.74) is 1.21. The molecule has 0 saturated heterocycles. The fourth-order valence-electron chi connectivity index (χ4n) is 1.73. The molecular weight excluding hydrogens is 340 g/mol. The number of benzene rings is 2. The van der Waals surface area contributed by atoms with Gasteiger partial charge in [-0.05, 0) is 30.3 Å². The Morgan fingerprint density at radius 1 is 1.00 bits per heavy atom. The molecule has 0 heterocycles. The van der Waals surface area contributed by atoms with Crippen LogP contribution in [0.5, 0.6) is 0 Å². The summed E-state index contributed by atoms with van der Waals surface area (Å²) >= 11 is 23.9. The second-order valence-electron chi connectivity index (χ2n) is 4.16. The summed E-state index contributed by atoms with van der Waals surface area (Å²) < 4.78 is 0. The van der Waals surface area contributed by atoms with Crippen molar-refractivity contribution >= 4 is 52.1 Å². The Balaban J connectivity index is 2.10. The molecule has 0 aliphatic rings. The molecule has 2 aromatic carbocycles. The summed E-state index contributed by atoms with van der Waals surface area (Å²) in [5, 5.41) is 15.0.